The standard InChI is InChI=1S/C15H18N2O3S/c1-10-4-5-17(12(7-10)15(18)19)8-11-9-20-14(16-11)13-3-2-6-21-13/h2-3,6,9-10,12H,4-5,7-8H2,1H3,(H,18,19). The fourth-order valence-electron chi connectivity index (χ4n) is 2.74. The Kier molecular flexibility index (Phi) is 4.07. The number of nitrogens with zero attached hydrogens (tertiary/aromatic N) is 2. The van der Waals surface area contributed by atoms with Gasteiger partial charge in [-0.15, -0.1) is 11.3 Å². The maximum atomic E-state index is 11.4. The number of piperidine rings is 1. The smallest absolute Gasteiger partial charge is 0.320 e. The zero-order chi connectivity index (χ0) is 14.8. The third kappa shape index (κ3) is 3.16. The molecule has 1 fully saturated rings. The van der Waals surface area contributed by atoms with Gasteiger partial charge < -0.3 is 9.52 Å². The second-order valence-electron chi connectivity index (χ2n) is 5.58. The van der Waals surface area contributed by atoms with Crippen LogP contribution in [0.5, 0.6) is 0 Å². The summed E-state index contributed by atoms with van der Waals surface area (Å²) in [6.07, 6.45) is 3.36. The van der Waals surface area contributed by atoms with E-state index in [9.17, 15) is 9.90 Å². The Morgan fingerprint density at radius 1 is 1.62 bits per heavy atom. The van der Waals surface area contributed by atoms with Crippen LogP contribution in [0.25, 0.3) is 10.8 Å². The van der Waals surface area contributed by atoms with Gasteiger partial charge in [-0.3, -0.25) is 9.69 Å². The molecule has 2 aromatic heterocycles. The van der Waals surface area contributed by atoms with E-state index >= 15 is 0 Å². The number of carboxylic acid groups (broad SMARTS) is 1. The third-order valence-corrected chi connectivity index (χ3v) is 4.77. The molecule has 3 heterocycles. The fraction of sp³-hybridized carbons (Fsp3) is 0.467. The molecule has 0 spiro atoms. The third-order valence-electron chi connectivity index (χ3n) is 3.91. The van der Waals surface area contributed by atoms with Crippen LogP contribution < -0.4 is 0 Å². The van der Waals surface area contributed by atoms with E-state index in [1.807, 2.05) is 22.4 Å². The van der Waals surface area contributed by atoms with Crippen molar-refractivity contribution in [1.29, 1.82) is 0 Å². The maximum absolute atomic E-state index is 11.4. The topological polar surface area (TPSA) is 66.6 Å². The van der Waals surface area contributed by atoms with Gasteiger partial charge in [-0.05, 0) is 36.8 Å². The van der Waals surface area contributed by atoms with Crippen molar-refractivity contribution in [2.45, 2.75) is 32.4 Å². The van der Waals surface area contributed by atoms with Gasteiger partial charge in [0.25, 0.3) is 0 Å². The molecule has 0 amide bonds. The number of carboxylic acids is 1. The summed E-state index contributed by atoms with van der Waals surface area (Å²) in [6, 6.07) is 3.50. The summed E-state index contributed by atoms with van der Waals surface area (Å²) in [5, 5.41) is 11.4. The first kappa shape index (κ1) is 14.3. The molecule has 1 N–H and O–H groups in total. The van der Waals surface area contributed by atoms with E-state index in [-0.39, 0.29) is 0 Å². The summed E-state index contributed by atoms with van der Waals surface area (Å²) >= 11 is 1.58. The summed E-state index contributed by atoms with van der Waals surface area (Å²) < 4.78 is 5.49. The quantitative estimate of drug-likeness (QED) is 0.940. The van der Waals surface area contributed by atoms with E-state index in [0.29, 0.717) is 24.8 Å². The van der Waals surface area contributed by atoms with Gasteiger partial charge in [0.05, 0.1) is 10.6 Å². The number of rotatable bonds is 4. The predicted octanol–water partition coefficient (Wildman–Crippen LogP) is 3.09. The number of hydrogen-bond donors (Lipinski definition) is 1. The number of carbonyl (C=O) groups is 1. The van der Waals surface area contributed by atoms with Gasteiger partial charge in [-0.1, -0.05) is 13.0 Å². The molecule has 0 bridgehead atoms. The van der Waals surface area contributed by atoms with Crippen molar-refractivity contribution >= 4 is 17.3 Å². The molecule has 21 heavy (non-hydrogen) atoms. The van der Waals surface area contributed by atoms with E-state index in [1.54, 1.807) is 17.6 Å². The number of aromatic nitrogens is 1. The van der Waals surface area contributed by atoms with E-state index < -0.39 is 12.0 Å². The van der Waals surface area contributed by atoms with Gasteiger partial charge in [0.15, 0.2) is 0 Å². The minimum absolute atomic E-state index is 0.421. The van der Waals surface area contributed by atoms with E-state index in [2.05, 4.69) is 11.9 Å². The predicted molar refractivity (Wildman–Crippen MR) is 80.0 cm³/mol. The van der Waals surface area contributed by atoms with Gasteiger partial charge >= 0.3 is 5.97 Å². The largest absolute Gasteiger partial charge is 0.480 e. The normalized spacial score (nSPS) is 23.3. The Bertz CT molecular complexity index is 608. The van der Waals surface area contributed by atoms with E-state index in [0.717, 1.165) is 23.5 Å². The lowest BCUT2D eigenvalue weighted by atomic mass is 9.92. The molecular formula is C15H18N2O3S. The zero-order valence-electron chi connectivity index (χ0n) is 11.9. The molecule has 0 aromatic carbocycles. The summed E-state index contributed by atoms with van der Waals surface area (Å²) in [4.78, 5) is 18.9. The Morgan fingerprint density at radius 3 is 3.19 bits per heavy atom. The van der Waals surface area contributed by atoms with Crippen LogP contribution in [0.15, 0.2) is 28.2 Å². The number of oxazole rings is 1. The summed E-state index contributed by atoms with van der Waals surface area (Å²) in [5.41, 5.74) is 0.791. The molecule has 1 saturated heterocycles. The molecule has 0 radical (unpaired) electrons. The molecule has 0 aliphatic carbocycles. The lowest BCUT2D eigenvalue weighted by molar-refractivity contribution is -0.145. The molecule has 2 unspecified atom stereocenters. The Morgan fingerprint density at radius 2 is 2.48 bits per heavy atom. The van der Waals surface area contributed by atoms with Crippen LogP contribution in [0.2, 0.25) is 0 Å². The molecular weight excluding hydrogens is 288 g/mol. The van der Waals surface area contributed by atoms with Crippen LogP contribution in [0, 0.1) is 5.92 Å². The van der Waals surface area contributed by atoms with Crippen LogP contribution in [-0.2, 0) is 11.3 Å². The number of likely N-dealkylation sites (tertiary alicyclic amines) is 1. The SMILES string of the molecule is CC1CCN(Cc2coc(-c3cccs3)n2)C(C(=O)O)C1. The second-order valence-corrected chi connectivity index (χ2v) is 6.52. The molecule has 1 aliphatic rings. The van der Waals surface area contributed by atoms with Crippen molar-refractivity contribution in [2.24, 2.45) is 5.92 Å². The molecule has 1 aliphatic heterocycles. The van der Waals surface area contributed by atoms with Crippen LogP contribution in [0.3, 0.4) is 0 Å². The molecule has 112 valence electrons. The summed E-state index contributed by atoms with van der Waals surface area (Å²) in [6.45, 7) is 3.43. The van der Waals surface area contributed by atoms with Crippen molar-refractivity contribution < 1.29 is 14.3 Å². The molecule has 2 atom stereocenters. The Labute approximate surface area is 127 Å². The van der Waals surface area contributed by atoms with Gasteiger partial charge in [0.2, 0.25) is 5.89 Å². The monoisotopic (exact) mass is 306 g/mol. The fourth-order valence-corrected chi connectivity index (χ4v) is 3.39. The average molecular weight is 306 g/mol. The van der Waals surface area contributed by atoms with Crippen molar-refractivity contribution in [3.8, 4) is 10.8 Å². The highest BCUT2D eigenvalue weighted by Crippen LogP contribution is 2.27. The van der Waals surface area contributed by atoms with Gasteiger partial charge in [-0.25, -0.2) is 4.98 Å². The summed E-state index contributed by atoms with van der Waals surface area (Å²) in [5.74, 6) is 0.321. The maximum Gasteiger partial charge on any atom is 0.320 e. The zero-order valence-corrected chi connectivity index (χ0v) is 12.7. The van der Waals surface area contributed by atoms with E-state index in [4.69, 9.17) is 4.42 Å². The lowest BCUT2D eigenvalue weighted by Gasteiger charge is -2.35. The van der Waals surface area contributed by atoms with Crippen LogP contribution >= 0.6 is 11.3 Å². The van der Waals surface area contributed by atoms with Crippen molar-refractivity contribution in [3.05, 3.63) is 29.5 Å². The first-order chi connectivity index (χ1) is 10.1. The van der Waals surface area contributed by atoms with Crippen molar-refractivity contribution in [2.75, 3.05) is 6.54 Å². The number of hydrogen-bond acceptors (Lipinski definition) is 5. The van der Waals surface area contributed by atoms with Gasteiger partial charge in [0.1, 0.15) is 12.3 Å². The molecule has 2 aromatic rings. The van der Waals surface area contributed by atoms with Gasteiger partial charge in [-0.2, -0.15) is 0 Å². The van der Waals surface area contributed by atoms with Crippen molar-refractivity contribution in [1.82, 2.24) is 9.88 Å². The number of thiophene rings is 1. The molecule has 0 saturated carbocycles. The Balaban J connectivity index is 1.72. The highest BCUT2D eigenvalue weighted by molar-refractivity contribution is 7.13. The first-order valence-electron chi connectivity index (χ1n) is 7.08. The lowest BCUT2D eigenvalue weighted by Crippen LogP contribution is -2.46. The molecule has 5 nitrogen and oxygen atoms in total. The highest BCUT2D eigenvalue weighted by Gasteiger charge is 2.32. The summed E-state index contributed by atoms with van der Waals surface area (Å²) in [7, 11) is 0. The van der Waals surface area contributed by atoms with Crippen LogP contribution in [-0.4, -0.2) is 33.5 Å². The van der Waals surface area contributed by atoms with E-state index in [1.165, 1.54) is 0 Å². The first-order valence-corrected chi connectivity index (χ1v) is 7.96. The number of aliphatic carboxylic acids is 1. The van der Waals surface area contributed by atoms with Crippen LogP contribution in [0.1, 0.15) is 25.5 Å². The minimum Gasteiger partial charge on any atom is -0.480 e. The average Bonchev–Trinajstić information content (AvgIpc) is 3.11. The van der Waals surface area contributed by atoms with Crippen molar-refractivity contribution in [3.63, 3.8) is 0 Å². The molecule has 3 rings (SSSR count). The highest BCUT2D eigenvalue weighted by atomic mass is 32.1. The Hall–Kier alpha value is -1.66. The van der Waals surface area contributed by atoms with Crippen LogP contribution in [0.4, 0.5) is 0 Å². The molecule has 6 heteroatoms. The minimum atomic E-state index is -0.747. The van der Waals surface area contributed by atoms with Gasteiger partial charge in [0, 0.05) is 6.54 Å². The second kappa shape index (κ2) is 5.99.